The fraction of sp³-hybridized carbons (Fsp3) is 0.0833. The first-order valence-electron chi connectivity index (χ1n) is 9.11. The van der Waals surface area contributed by atoms with Crippen LogP contribution in [-0.4, -0.2) is 42.5 Å². The van der Waals surface area contributed by atoms with E-state index in [2.05, 4.69) is 24.3 Å². The van der Waals surface area contributed by atoms with Crippen molar-refractivity contribution in [3.05, 3.63) is 107 Å². The molecule has 0 spiro atoms. The van der Waals surface area contributed by atoms with Crippen LogP contribution < -0.4 is 0 Å². The van der Waals surface area contributed by atoms with E-state index in [-0.39, 0.29) is 40.4 Å². The van der Waals surface area contributed by atoms with Crippen molar-refractivity contribution in [1.82, 2.24) is 0 Å². The third kappa shape index (κ3) is 5.16. The molecule has 0 radical (unpaired) electrons. The van der Waals surface area contributed by atoms with Crippen LogP contribution in [0.15, 0.2) is 83.8 Å². The summed E-state index contributed by atoms with van der Waals surface area (Å²) < 4.78 is 33.8. The molecule has 0 aliphatic heterocycles. The van der Waals surface area contributed by atoms with Gasteiger partial charge in [0.2, 0.25) is 0 Å². The van der Waals surface area contributed by atoms with E-state index in [0.717, 1.165) is 17.5 Å². The zero-order valence-corrected chi connectivity index (χ0v) is 16.0. The van der Waals surface area contributed by atoms with Crippen LogP contribution in [0, 0.1) is 0 Å². The van der Waals surface area contributed by atoms with Gasteiger partial charge in [0.05, 0.1) is 0 Å². The summed E-state index contributed by atoms with van der Waals surface area (Å²) in [6.45, 7) is 0. The van der Waals surface area contributed by atoms with E-state index in [0.29, 0.717) is 5.56 Å². The second-order valence-electron chi connectivity index (χ2n) is 6.88. The molecule has 0 aromatic heterocycles. The minimum atomic E-state index is -4.33. The summed E-state index contributed by atoms with van der Waals surface area (Å²) in [6, 6.07) is 23.1. The van der Waals surface area contributed by atoms with Crippen molar-refractivity contribution >= 4 is 57.9 Å². The number of allylic oxidation sites excluding steroid dienone is 1. The molecule has 142 valence electrons. The third-order valence-electron chi connectivity index (χ3n) is 5.00. The Labute approximate surface area is 193 Å². The van der Waals surface area contributed by atoms with E-state index in [1.165, 1.54) is 11.1 Å². The molecule has 0 amide bonds. The van der Waals surface area contributed by atoms with E-state index >= 15 is 0 Å². The van der Waals surface area contributed by atoms with Crippen LogP contribution in [-0.2, 0) is 16.5 Å². The van der Waals surface area contributed by atoms with Gasteiger partial charge in [-0.1, -0.05) is 91.0 Å². The summed E-state index contributed by atoms with van der Waals surface area (Å²) in [4.78, 5) is -0.0653. The molecule has 5 heteroatoms. The van der Waals surface area contributed by atoms with Gasteiger partial charge in [0.25, 0.3) is 10.1 Å². The molecule has 0 saturated heterocycles. The quantitative estimate of drug-likeness (QED) is 0.380. The molecule has 29 heavy (non-hydrogen) atoms. The molecule has 0 fully saturated rings. The van der Waals surface area contributed by atoms with Crippen molar-refractivity contribution in [2.24, 2.45) is 0 Å². The number of rotatable bonds is 4. The first kappa shape index (κ1) is 21.8. The molecule has 0 bridgehead atoms. The van der Waals surface area contributed by atoms with Gasteiger partial charge in [-0.3, -0.25) is 4.55 Å². The maximum atomic E-state index is 12.0. The van der Waals surface area contributed by atoms with Crippen molar-refractivity contribution in [1.29, 1.82) is 0 Å². The Morgan fingerprint density at radius 1 is 0.897 bits per heavy atom. The standard InChI is InChI=1S/C24H20O3S.Na.H/c25-28(26,27)24-17-23(22-14-12-19-8-4-5-9-21(19)16-22)15-13-20(24)11-10-18-6-2-1-3-7-18;;/h1-15,17,22H,16H2,(H,25,26,27);;. The topological polar surface area (TPSA) is 54.4 Å². The van der Waals surface area contributed by atoms with Crippen LogP contribution in [0.2, 0.25) is 0 Å². The molecule has 1 unspecified atom stereocenters. The summed E-state index contributed by atoms with van der Waals surface area (Å²) in [7, 11) is -4.33. The van der Waals surface area contributed by atoms with Gasteiger partial charge >= 0.3 is 29.6 Å². The van der Waals surface area contributed by atoms with Crippen LogP contribution >= 0.6 is 0 Å². The van der Waals surface area contributed by atoms with Gasteiger partial charge in [-0.2, -0.15) is 8.42 Å². The molecule has 0 saturated carbocycles. The van der Waals surface area contributed by atoms with Crippen LogP contribution in [0.4, 0.5) is 0 Å². The Morgan fingerprint density at radius 2 is 1.62 bits per heavy atom. The summed E-state index contributed by atoms with van der Waals surface area (Å²) in [5.41, 5.74) is 4.72. The van der Waals surface area contributed by atoms with Crippen LogP contribution in [0.1, 0.15) is 33.7 Å². The minimum absolute atomic E-state index is 0. The van der Waals surface area contributed by atoms with Gasteiger partial charge < -0.3 is 0 Å². The number of fused-ring (bicyclic) bond motifs is 1. The number of hydrogen-bond donors (Lipinski definition) is 1. The van der Waals surface area contributed by atoms with Crippen LogP contribution in [0.25, 0.3) is 18.2 Å². The molecule has 1 atom stereocenters. The van der Waals surface area contributed by atoms with E-state index < -0.39 is 10.1 Å². The Morgan fingerprint density at radius 3 is 2.38 bits per heavy atom. The molecule has 3 aromatic rings. The summed E-state index contributed by atoms with van der Waals surface area (Å²) >= 11 is 0. The van der Waals surface area contributed by atoms with Gasteiger partial charge in [0.15, 0.2) is 0 Å². The second kappa shape index (κ2) is 9.24. The van der Waals surface area contributed by atoms with Gasteiger partial charge in [0, 0.05) is 5.92 Å². The molecular weight excluding hydrogens is 391 g/mol. The molecule has 3 nitrogen and oxygen atoms in total. The Kier molecular flexibility index (Phi) is 6.93. The van der Waals surface area contributed by atoms with Gasteiger partial charge in [-0.05, 0) is 40.3 Å². The van der Waals surface area contributed by atoms with E-state index in [4.69, 9.17) is 0 Å². The summed E-state index contributed by atoms with van der Waals surface area (Å²) in [5.74, 6) is 0.0718. The molecular formula is C24H21NaO3S. The van der Waals surface area contributed by atoms with Gasteiger partial charge in [-0.25, -0.2) is 0 Å². The molecule has 1 N–H and O–H groups in total. The van der Waals surface area contributed by atoms with E-state index in [9.17, 15) is 13.0 Å². The molecule has 1 aliphatic carbocycles. The number of benzene rings is 3. The molecule has 3 aromatic carbocycles. The molecule has 0 heterocycles. The first-order valence-corrected chi connectivity index (χ1v) is 10.6. The van der Waals surface area contributed by atoms with Crippen molar-refractivity contribution in [3.8, 4) is 0 Å². The van der Waals surface area contributed by atoms with Gasteiger partial charge in [-0.15, -0.1) is 0 Å². The van der Waals surface area contributed by atoms with E-state index in [1.54, 1.807) is 18.2 Å². The first-order chi connectivity index (χ1) is 13.5. The van der Waals surface area contributed by atoms with Crippen molar-refractivity contribution in [2.45, 2.75) is 17.2 Å². The third-order valence-corrected chi connectivity index (χ3v) is 5.91. The molecule has 4 rings (SSSR count). The Balaban J connectivity index is 0.00000240. The number of hydrogen-bond acceptors (Lipinski definition) is 2. The fourth-order valence-electron chi connectivity index (χ4n) is 3.53. The van der Waals surface area contributed by atoms with Crippen molar-refractivity contribution in [2.75, 3.05) is 0 Å². The SMILES string of the molecule is O=S(=O)(O)c1cc(C2C=Cc3ccccc3C2)ccc1C=Cc1ccccc1.[NaH]. The normalized spacial score (nSPS) is 15.7. The van der Waals surface area contributed by atoms with Crippen molar-refractivity contribution in [3.63, 3.8) is 0 Å². The zero-order valence-electron chi connectivity index (χ0n) is 15.2. The molecule has 1 aliphatic rings. The van der Waals surface area contributed by atoms with E-state index in [1.807, 2.05) is 54.6 Å². The Bertz CT molecular complexity index is 1170. The average molecular weight is 412 g/mol. The fourth-order valence-corrected chi connectivity index (χ4v) is 4.25. The predicted octanol–water partition coefficient (Wildman–Crippen LogP) is 4.81. The average Bonchev–Trinajstić information content (AvgIpc) is 2.72. The monoisotopic (exact) mass is 412 g/mol. The Hall–Kier alpha value is -1.95. The summed E-state index contributed by atoms with van der Waals surface area (Å²) in [6.07, 6.45) is 8.51. The van der Waals surface area contributed by atoms with Crippen LogP contribution in [0.3, 0.4) is 0 Å². The zero-order chi connectivity index (χ0) is 19.6. The van der Waals surface area contributed by atoms with Crippen molar-refractivity contribution < 1.29 is 13.0 Å². The maximum absolute atomic E-state index is 12.0. The second-order valence-corrected chi connectivity index (χ2v) is 8.27. The predicted molar refractivity (Wildman–Crippen MR) is 121 cm³/mol. The summed E-state index contributed by atoms with van der Waals surface area (Å²) in [5, 5.41) is 0. The van der Waals surface area contributed by atoms with Gasteiger partial charge in [0.1, 0.15) is 4.90 Å². The van der Waals surface area contributed by atoms with Crippen LogP contribution in [0.5, 0.6) is 0 Å².